The zero-order valence-electron chi connectivity index (χ0n) is 16.9. The van der Waals surface area contributed by atoms with Gasteiger partial charge in [-0.1, -0.05) is 94.3 Å². The van der Waals surface area contributed by atoms with E-state index in [0.717, 1.165) is 24.1 Å². The van der Waals surface area contributed by atoms with Crippen LogP contribution in [0.2, 0.25) is 0 Å². The Labute approximate surface area is 168 Å². The van der Waals surface area contributed by atoms with Gasteiger partial charge in [0.2, 0.25) is 0 Å². The number of aromatic hydroxyl groups is 1. The third kappa shape index (κ3) is 7.55. The molecule has 28 heavy (non-hydrogen) atoms. The number of benzene rings is 2. The summed E-state index contributed by atoms with van der Waals surface area (Å²) in [7, 11) is 0. The molecule has 0 spiro atoms. The summed E-state index contributed by atoms with van der Waals surface area (Å²) in [5, 5.41) is 14.2. The monoisotopic (exact) mass is 380 g/mol. The fraction of sp³-hybridized carbons (Fsp3) is 0.417. The molecule has 1 amide bonds. The largest absolute Gasteiger partial charge is 0.507 e. The van der Waals surface area contributed by atoms with Gasteiger partial charge in [-0.15, -0.1) is 0 Å². The van der Waals surface area contributed by atoms with Gasteiger partial charge in [0.1, 0.15) is 5.75 Å². The summed E-state index contributed by atoms with van der Waals surface area (Å²) in [5.41, 5.74) is 4.72. The number of phenols is 1. The molecule has 4 nitrogen and oxygen atoms in total. The molecule has 0 aliphatic heterocycles. The normalized spacial score (nSPS) is 11.4. The number of amides is 1. The highest BCUT2D eigenvalue weighted by Gasteiger charge is 2.10. The molecule has 150 valence electrons. The van der Waals surface area contributed by atoms with Crippen LogP contribution in [-0.4, -0.2) is 16.7 Å². The number of hydrogen-bond donors (Lipinski definition) is 2. The van der Waals surface area contributed by atoms with Gasteiger partial charge in [-0.25, -0.2) is 5.43 Å². The van der Waals surface area contributed by atoms with Crippen LogP contribution in [-0.2, 0) is 0 Å². The van der Waals surface area contributed by atoms with Crippen molar-refractivity contribution in [1.29, 1.82) is 0 Å². The number of unbranched alkanes of at least 4 members (excludes halogenated alkanes) is 7. The number of hydrazone groups is 1. The zero-order valence-corrected chi connectivity index (χ0v) is 16.9. The molecule has 0 heterocycles. The van der Waals surface area contributed by atoms with Gasteiger partial charge in [0.15, 0.2) is 0 Å². The van der Waals surface area contributed by atoms with Crippen LogP contribution in [0.25, 0.3) is 0 Å². The van der Waals surface area contributed by atoms with Crippen LogP contribution in [0.5, 0.6) is 5.75 Å². The van der Waals surface area contributed by atoms with Crippen molar-refractivity contribution in [3.05, 3.63) is 65.7 Å². The van der Waals surface area contributed by atoms with Crippen LogP contribution >= 0.6 is 0 Å². The van der Waals surface area contributed by atoms with Crippen molar-refractivity contribution in [3.8, 4) is 5.75 Å². The molecule has 0 aliphatic carbocycles. The number of para-hydroxylation sites is 1. The fourth-order valence-electron chi connectivity index (χ4n) is 3.17. The van der Waals surface area contributed by atoms with Gasteiger partial charge in [0.25, 0.3) is 5.91 Å². The maximum Gasteiger partial charge on any atom is 0.275 e. The molecule has 0 unspecified atom stereocenters. The van der Waals surface area contributed by atoms with Gasteiger partial charge in [-0.2, -0.15) is 5.10 Å². The predicted octanol–water partition coefficient (Wildman–Crippen LogP) is 6.06. The maximum absolute atomic E-state index is 12.3. The van der Waals surface area contributed by atoms with Crippen molar-refractivity contribution >= 4 is 11.6 Å². The number of hydrogen-bond acceptors (Lipinski definition) is 3. The minimum Gasteiger partial charge on any atom is -0.507 e. The van der Waals surface area contributed by atoms with Crippen LogP contribution < -0.4 is 5.43 Å². The topological polar surface area (TPSA) is 61.7 Å². The van der Waals surface area contributed by atoms with E-state index in [-0.39, 0.29) is 11.3 Å². The lowest BCUT2D eigenvalue weighted by Gasteiger charge is -2.08. The summed E-state index contributed by atoms with van der Waals surface area (Å²) in [5.74, 6) is -0.443. The van der Waals surface area contributed by atoms with Crippen molar-refractivity contribution in [2.45, 2.75) is 64.7 Å². The Kier molecular flexibility index (Phi) is 9.84. The van der Waals surface area contributed by atoms with Gasteiger partial charge in [0.05, 0.1) is 11.3 Å². The van der Waals surface area contributed by atoms with Crippen LogP contribution in [0.4, 0.5) is 0 Å². The first-order chi connectivity index (χ1) is 13.7. The van der Waals surface area contributed by atoms with Gasteiger partial charge in [-0.3, -0.25) is 4.79 Å². The molecular formula is C24H32N2O2. The highest BCUT2D eigenvalue weighted by molar-refractivity contribution is 6.02. The fourth-order valence-corrected chi connectivity index (χ4v) is 3.17. The van der Waals surface area contributed by atoms with Crippen molar-refractivity contribution in [2.24, 2.45) is 5.10 Å². The van der Waals surface area contributed by atoms with E-state index >= 15 is 0 Å². The highest BCUT2D eigenvalue weighted by Crippen LogP contribution is 2.16. The van der Waals surface area contributed by atoms with E-state index in [1.165, 1.54) is 51.0 Å². The van der Waals surface area contributed by atoms with Crippen LogP contribution in [0, 0.1) is 0 Å². The quantitative estimate of drug-likeness (QED) is 0.267. The first-order valence-electron chi connectivity index (χ1n) is 10.4. The number of rotatable bonds is 12. The number of carbonyl (C=O) groups is 1. The van der Waals surface area contributed by atoms with Crippen molar-refractivity contribution in [3.63, 3.8) is 0 Å². The van der Waals surface area contributed by atoms with E-state index in [4.69, 9.17) is 0 Å². The third-order valence-electron chi connectivity index (χ3n) is 4.82. The summed E-state index contributed by atoms with van der Waals surface area (Å²) >= 11 is 0. The molecule has 2 aromatic rings. The van der Waals surface area contributed by atoms with Crippen molar-refractivity contribution in [1.82, 2.24) is 5.43 Å². The second-order valence-corrected chi connectivity index (χ2v) is 7.11. The number of carbonyl (C=O) groups excluding carboxylic acids is 1. The Hall–Kier alpha value is -2.62. The Morgan fingerprint density at radius 3 is 2.14 bits per heavy atom. The average molecular weight is 381 g/mol. The summed E-state index contributed by atoms with van der Waals surface area (Å²) < 4.78 is 0. The minimum absolute atomic E-state index is 0.0421. The first-order valence-corrected chi connectivity index (χ1v) is 10.4. The molecule has 0 radical (unpaired) electrons. The first kappa shape index (κ1) is 21.7. The van der Waals surface area contributed by atoms with Crippen molar-refractivity contribution < 1.29 is 9.90 Å². The predicted molar refractivity (Wildman–Crippen MR) is 116 cm³/mol. The lowest BCUT2D eigenvalue weighted by molar-refractivity contribution is 0.0952. The molecule has 0 aromatic heterocycles. The molecule has 2 aromatic carbocycles. The number of phenolic OH excluding ortho intramolecular Hbond substituents is 1. The molecule has 0 aliphatic rings. The molecular weight excluding hydrogens is 348 g/mol. The molecule has 0 fully saturated rings. The molecule has 2 N–H and O–H groups in total. The van der Waals surface area contributed by atoms with Gasteiger partial charge >= 0.3 is 0 Å². The van der Waals surface area contributed by atoms with E-state index in [1.807, 2.05) is 30.3 Å². The summed E-state index contributed by atoms with van der Waals surface area (Å²) in [6.45, 7) is 2.24. The number of nitrogens with zero attached hydrogens (tertiary/aromatic N) is 1. The van der Waals surface area contributed by atoms with Gasteiger partial charge in [0, 0.05) is 0 Å². The van der Waals surface area contributed by atoms with Crippen LogP contribution in [0.15, 0.2) is 59.7 Å². The van der Waals surface area contributed by atoms with E-state index < -0.39 is 5.91 Å². The molecule has 4 heteroatoms. The highest BCUT2D eigenvalue weighted by atomic mass is 16.3. The third-order valence-corrected chi connectivity index (χ3v) is 4.82. The standard InChI is InChI=1S/C24H32N2O2/c1-2-3-4-5-6-7-8-12-18-22(20-15-10-9-11-16-20)25-26-24(28)21-17-13-14-19-23(21)27/h9-11,13-17,19,27H,2-8,12,18H2,1H3,(H,26,28)/b25-22-. The van der Waals surface area contributed by atoms with Crippen LogP contribution in [0.1, 0.15) is 80.6 Å². The van der Waals surface area contributed by atoms with Gasteiger partial charge in [-0.05, 0) is 30.5 Å². The lowest BCUT2D eigenvalue weighted by Crippen LogP contribution is -2.20. The Morgan fingerprint density at radius 2 is 1.46 bits per heavy atom. The Morgan fingerprint density at radius 1 is 0.857 bits per heavy atom. The van der Waals surface area contributed by atoms with E-state index in [2.05, 4.69) is 17.5 Å². The lowest BCUT2D eigenvalue weighted by atomic mass is 10.0. The second-order valence-electron chi connectivity index (χ2n) is 7.11. The summed E-state index contributed by atoms with van der Waals surface area (Å²) in [6, 6.07) is 16.4. The minimum atomic E-state index is -0.401. The second kappa shape index (κ2) is 12.7. The van der Waals surface area contributed by atoms with Gasteiger partial charge < -0.3 is 5.11 Å². The summed E-state index contributed by atoms with van der Waals surface area (Å²) in [6.07, 6.45) is 10.9. The molecule has 0 saturated carbocycles. The van der Waals surface area contributed by atoms with E-state index in [1.54, 1.807) is 18.2 Å². The molecule has 0 atom stereocenters. The average Bonchev–Trinajstić information content (AvgIpc) is 2.73. The SMILES string of the molecule is CCCCCCCCCC/C(=N/NC(=O)c1ccccc1O)c1ccccc1. The zero-order chi connectivity index (χ0) is 20.0. The van der Waals surface area contributed by atoms with E-state index in [9.17, 15) is 9.90 Å². The Bertz CT molecular complexity index is 741. The molecule has 2 rings (SSSR count). The van der Waals surface area contributed by atoms with E-state index in [0.29, 0.717) is 0 Å². The summed E-state index contributed by atoms with van der Waals surface area (Å²) in [4.78, 5) is 12.3. The Balaban J connectivity index is 1.90. The van der Waals surface area contributed by atoms with Crippen molar-refractivity contribution in [2.75, 3.05) is 0 Å². The van der Waals surface area contributed by atoms with Crippen LogP contribution in [0.3, 0.4) is 0 Å². The molecule has 0 bridgehead atoms. The smallest absolute Gasteiger partial charge is 0.275 e. The number of nitrogens with one attached hydrogen (secondary N) is 1. The molecule has 0 saturated heterocycles. The maximum atomic E-state index is 12.3.